The average Bonchev–Trinajstić information content (AvgIpc) is 2.31. The zero-order valence-corrected chi connectivity index (χ0v) is 11.3. The summed E-state index contributed by atoms with van der Waals surface area (Å²) in [5.41, 5.74) is 0.551. The highest BCUT2D eigenvalue weighted by molar-refractivity contribution is 5.27. The van der Waals surface area contributed by atoms with E-state index in [-0.39, 0.29) is 11.7 Å². The van der Waals surface area contributed by atoms with Crippen LogP contribution in [0, 0.1) is 24.5 Å². The zero-order valence-electron chi connectivity index (χ0n) is 11.3. The Morgan fingerprint density at radius 2 is 2.00 bits per heavy atom. The molecule has 0 aromatic heterocycles. The molecular weight excluding hydrogens is 250 g/mol. The van der Waals surface area contributed by atoms with E-state index >= 15 is 0 Å². The van der Waals surface area contributed by atoms with Gasteiger partial charge in [-0.25, -0.2) is 8.78 Å². The molecule has 1 aliphatic rings. The van der Waals surface area contributed by atoms with Crippen LogP contribution < -0.4 is 0 Å². The van der Waals surface area contributed by atoms with Crippen LogP contribution in [0.2, 0.25) is 0 Å². The largest absolute Gasteiger partial charge is 0.388 e. The second kappa shape index (κ2) is 5.97. The lowest BCUT2D eigenvalue weighted by atomic mass is 9.77. The summed E-state index contributed by atoms with van der Waals surface area (Å²) in [4.78, 5) is 0. The van der Waals surface area contributed by atoms with Gasteiger partial charge in [0, 0.05) is 18.2 Å². The van der Waals surface area contributed by atoms with Gasteiger partial charge in [0.25, 0.3) is 0 Å². The van der Waals surface area contributed by atoms with Crippen molar-refractivity contribution in [3.63, 3.8) is 0 Å². The summed E-state index contributed by atoms with van der Waals surface area (Å²) in [5.74, 6) is -0.888. The van der Waals surface area contributed by atoms with E-state index in [1.165, 1.54) is 6.07 Å². The predicted octanol–water partition coefficient (Wildman–Crippen LogP) is 3.51. The molecule has 0 saturated heterocycles. The molecule has 106 valence electrons. The van der Waals surface area contributed by atoms with Crippen molar-refractivity contribution in [2.45, 2.75) is 45.3 Å². The molecule has 19 heavy (non-hydrogen) atoms. The van der Waals surface area contributed by atoms with E-state index in [0.29, 0.717) is 24.5 Å². The van der Waals surface area contributed by atoms with Crippen molar-refractivity contribution in [3.05, 3.63) is 34.9 Å². The lowest BCUT2D eigenvalue weighted by Gasteiger charge is -2.36. The Bertz CT molecular complexity index is 442. The van der Waals surface area contributed by atoms with E-state index in [9.17, 15) is 13.9 Å². The van der Waals surface area contributed by atoms with E-state index in [2.05, 4.69) is 0 Å². The molecule has 1 unspecified atom stereocenters. The van der Waals surface area contributed by atoms with Crippen LogP contribution in [-0.2, 0) is 4.74 Å². The Kier molecular flexibility index (Phi) is 4.53. The molecule has 1 atom stereocenters. The maximum absolute atomic E-state index is 13.6. The van der Waals surface area contributed by atoms with E-state index in [4.69, 9.17) is 4.74 Å². The molecule has 1 saturated carbocycles. The standard InChI is InChI=1S/C15H20F2O2/c1-3-19-11-5-10(6-11)7-15(18)12-4-9(2)13(16)8-14(12)17/h4,8,10-11,15,18H,3,5-7H2,1-2H3. The normalized spacial score (nSPS) is 24.1. The molecule has 1 aliphatic carbocycles. The van der Waals surface area contributed by atoms with E-state index in [0.717, 1.165) is 18.9 Å². The van der Waals surface area contributed by atoms with Gasteiger partial charge in [0.15, 0.2) is 0 Å². The first-order chi connectivity index (χ1) is 9.01. The summed E-state index contributed by atoms with van der Waals surface area (Å²) in [6.07, 6.45) is 1.74. The number of benzene rings is 1. The SMILES string of the molecule is CCOC1CC(CC(O)c2cc(C)c(F)cc2F)C1. The summed E-state index contributed by atoms with van der Waals surface area (Å²) in [5, 5.41) is 10.1. The molecular formula is C15H20F2O2. The van der Waals surface area contributed by atoms with E-state index < -0.39 is 17.7 Å². The van der Waals surface area contributed by atoms with Gasteiger partial charge in [0.1, 0.15) is 11.6 Å². The Morgan fingerprint density at radius 1 is 1.32 bits per heavy atom. The molecule has 1 aromatic carbocycles. The summed E-state index contributed by atoms with van der Waals surface area (Å²) >= 11 is 0. The number of aliphatic hydroxyl groups is 1. The van der Waals surface area contributed by atoms with Crippen molar-refractivity contribution < 1.29 is 18.6 Å². The van der Waals surface area contributed by atoms with E-state index in [1.807, 2.05) is 6.92 Å². The average molecular weight is 270 g/mol. The fraction of sp³-hybridized carbons (Fsp3) is 0.600. The van der Waals surface area contributed by atoms with Gasteiger partial charge in [0.05, 0.1) is 12.2 Å². The van der Waals surface area contributed by atoms with Crippen molar-refractivity contribution in [1.29, 1.82) is 0 Å². The number of ether oxygens (including phenoxy) is 1. The Morgan fingerprint density at radius 3 is 2.63 bits per heavy atom. The fourth-order valence-corrected chi connectivity index (χ4v) is 2.62. The Labute approximate surface area is 112 Å². The van der Waals surface area contributed by atoms with Crippen LogP contribution in [0.25, 0.3) is 0 Å². The minimum absolute atomic E-state index is 0.193. The molecule has 0 amide bonds. The van der Waals surface area contributed by atoms with Gasteiger partial charge in [-0.3, -0.25) is 0 Å². The molecule has 2 rings (SSSR count). The maximum atomic E-state index is 13.6. The maximum Gasteiger partial charge on any atom is 0.131 e. The molecule has 0 spiro atoms. The van der Waals surface area contributed by atoms with Gasteiger partial charge in [-0.2, -0.15) is 0 Å². The minimum Gasteiger partial charge on any atom is -0.388 e. The van der Waals surface area contributed by atoms with Gasteiger partial charge in [0.2, 0.25) is 0 Å². The summed E-state index contributed by atoms with van der Waals surface area (Å²) in [7, 11) is 0. The van der Waals surface area contributed by atoms with Crippen LogP contribution in [0.4, 0.5) is 8.78 Å². The molecule has 1 fully saturated rings. The minimum atomic E-state index is -0.869. The molecule has 0 heterocycles. The molecule has 1 aromatic rings. The van der Waals surface area contributed by atoms with Crippen molar-refractivity contribution in [1.82, 2.24) is 0 Å². The highest BCUT2D eigenvalue weighted by Crippen LogP contribution is 2.37. The second-order valence-electron chi connectivity index (χ2n) is 5.29. The van der Waals surface area contributed by atoms with Crippen LogP contribution in [0.3, 0.4) is 0 Å². The molecule has 0 bridgehead atoms. The number of rotatable bonds is 5. The fourth-order valence-electron chi connectivity index (χ4n) is 2.62. The number of aliphatic hydroxyl groups excluding tert-OH is 1. The Balaban J connectivity index is 1.94. The van der Waals surface area contributed by atoms with Crippen molar-refractivity contribution in [2.75, 3.05) is 6.61 Å². The summed E-state index contributed by atoms with van der Waals surface area (Å²) in [6, 6.07) is 2.24. The first-order valence-corrected chi connectivity index (χ1v) is 6.76. The third kappa shape index (κ3) is 3.31. The van der Waals surface area contributed by atoms with Gasteiger partial charge in [-0.15, -0.1) is 0 Å². The predicted molar refractivity (Wildman–Crippen MR) is 68.8 cm³/mol. The van der Waals surface area contributed by atoms with Crippen LogP contribution >= 0.6 is 0 Å². The highest BCUT2D eigenvalue weighted by atomic mass is 19.1. The summed E-state index contributed by atoms with van der Waals surface area (Å²) in [6.45, 7) is 4.23. The number of aryl methyl sites for hydroxylation is 1. The van der Waals surface area contributed by atoms with E-state index in [1.54, 1.807) is 6.92 Å². The molecule has 0 aliphatic heterocycles. The van der Waals surface area contributed by atoms with Crippen LogP contribution in [0.5, 0.6) is 0 Å². The lowest BCUT2D eigenvalue weighted by molar-refractivity contribution is -0.0382. The second-order valence-corrected chi connectivity index (χ2v) is 5.29. The van der Waals surface area contributed by atoms with Gasteiger partial charge in [-0.1, -0.05) is 0 Å². The first kappa shape index (κ1) is 14.4. The van der Waals surface area contributed by atoms with Crippen molar-refractivity contribution >= 4 is 0 Å². The topological polar surface area (TPSA) is 29.5 Å². The number of halogens is 2. The van der Waals surface area contributed by atoms with Gasteiger partial charge in [-0.05, 0) is 50.7 Å². The third-order valence-electron chi connectivity index (χ3n) is 3.79. The zero-order chi connectivity index (χ0) is 14.0. The lowest BCUT2D eigenvalue weighted by Crippen LogP contribution is -2.32. The van der Waals surface area contributed by atoms with Gasteiger partial charge >= 0.3 is 0 Å². The summed E-state index contributed by atoms with van der Waals surface area (Å²) < 4.78 is 32.2. The van der Waals surface area contributed by atoms with Crippen molar-refractivity contribution in [3.8, 4) is 0 Å². The third-order valence-corrected chi connectivity index (χ3v) is 3.79. The van der Waals surface area contributed by atoms with Crippen molar-refractivity contribution in [2.24, 2.45) is 5.92 Å². The van der Waals surface area contributed by atoms with Crippen LogP contribution in [0.1, 0.15) is 43.4 Å². The number of hydrogen-bond acceptors (Lipinski definition) is 2. The smallest absolute Gasteiger partial charge is 0.131 e. The molecule has 2 nitrogen and oxygen atoms in total. The van der Waals surface area contributed by atoms with Gasteiger partial charge < -0.3 is 9.84 Å². The van der Waals surface area contributed by atoms with Crippen LogP contribution in [-0.4, -0.2) is 17.8 Å². The first-order valence-electron chi connectivity index (χ1n) is 6.76. The molecule has 1 N–H and O–H groups in total. The molecule has 4 heteroatoms. The number of hydrogen-bond donors (Lipinski definition) is 1. The quantitative estimate of drug-likeness (QED) is 0.887. The van der Waals surface area contributed by atoms with Crippen LogP contribution in [0.15, 0.2) is 12.1 Å². The Hall–Kier alpha value is -1.00. The highest BCUT2D eigenvalue weighted by Gasteiger charge is 2.32. The molecule has 0 radical (unpaired) electrons. The monoisotopic (exact) mass is 270 g/mol.